The van der Waals surface area contributed by atoms with Crippen LogP contribution in [0.5, 0.6) is 0 Å². The Labute approximate surface area is 121 Å². The van der Waals surface area contributed by atoms with Gasteiger partial charge in [0.2, 0.25) is 10.0 Å². The number of benzene rings is 1. The zero-order valence-electron chi connectivity index (χ0n) is 10.6. The first-order chi connectivity index (χ1) is 8.99. The van der Waals surface area contributed by atoms with Gasteiger partial charge in [0, 0.05) is 23.6 Å². The maximum absolute atomic E-state index is 12.1. The van der Waals surface area contributed by atoms with Crippen LogP contribution in [0.15, 0.2) is 27.6 Å². The number of rotatable bonds is 4. The molecule has 7 heteroatoms. The molecule has 1 fully saturated rings. The van der Waals surface area contributed by atoms with Gasteiger partial charge < -0.3 is 10.1 Å². The minimum atomic E-state index is -3.47. The van der Waals surface area contributed by atoms with Crippen molar-refractivity contribution in [2.45, 2.75) is 17.9 Å². The molecule has 1 aliphatic heterocycles. The number of aryl methyl sites for hydroxylation is 1. The molecule has 1 atom stereocenters. The van der Waals surface area contributed by atoms with Gasteiger partial charge in [-0.25, -0.2) is 13.1 Å². The highest BCUT2D eigenvalue weighted by Crippen LogP contribution is 2.19. The third kappa shape index (κ3) is 4.00. The summed E-state index contributed by atoms with van der Waals surface area (Å²) in [6, 6.07) is 5.01. The number of hydrogen-bond acceptors (Lipinski definition) is 4. The molecule has 1 unspecified atom stereocenters. The van der Waals surface area contributed by atoms with E-state index in [0.29, 0.717) is 19.8 Å². The Kier molecular flexibility index (Phi) is 4.97. The molecule has 1 heterocycles. The predicted molar refractivity (Wildman–Crippen MR) is 76.7 cm³/mol. The van der Waals surface area contributed by atoms with Crippen molar-refractivity contribution in [3.63, 3.8) is 0 Å². The smallest absolute Gasteiger partial charge is 0.240 e. The van der Waals surface area contributed by atoms with Crippen LogP contribution in [-0.4, -0.2) is 40.8 Å². The van der Waals surface area contributed by atoms with E-state index in [9.17, 15) is 8.42 Å². The van der Waals surface area contributed by atoms with Gasteiger partial charge in [0.15, 0.2) is 0 Å². The van der Waals surface area contributed by atoms with E-state index in [1.54, 1.807) is 18.2 Å². The van der Waals surface area contributed by atoms with Gasteiger partial charge in [-0.15, -0.1) is 0 Å². The quantitative estimate of drug-likeness (QED) is 0.852. The number of nitrogens with one attached hydrogen (secondary N) is 2. The fourth-order valence-corrected chi connectivity index (χ4v) is 3.24. The molecule has 0 bridgehead atoms. The summed E-state index contributed by atoms with van der Waals surface area (Å²) in [7, 11) is -3.47. The first-order valence-electron chi connectivity index (χ1n) is 6.06. The molecule has 2 N–H and O–H groups in total. The normalized spacial score (nSPS) is 20.4. The summed E-state index contributed by atoms with van der Waals surface area (Å²) in [6.45, 7) is 4.15. The van der Waals surface area contributed by atoms with Crippen LogP contribution in [0.2, 0.25) is 0 Å². The van der Waals surface area contributed by atoms with Gasteiger partial charge >= 0.3 is 0 Å². The molecule has 2 rings (SSSR count). The van der Waals surface area contributed by atoms with Crippen LogP contribution in [-0.2, 0) is 14.8 Å². The second-order valence-corrected chi connectivity index (χ2v) is 7.11. The first-order valence-corrected chi connectivity index (χ1v) is 8.33. The standard InChI is InChI=1S/C12H17BrN2O3S/c1-9-6-11(2-3-12(9)13)19(16,17)15-7-10-8-18-5-4-14-10/h2-3,6,10,14-15H,4-5,7-8H2,1H3. The molecule has 1 aromatic carbocycles. The molecule has 106 valence electrons. The van der Waals surface area contributed by atoms with E-state index >= 15 is 0 Å². The third-order valence-corrected chi connectivity index (χ3v) is 5.27. The van der Waals surface area contributed by atoms with Crippen LogP contribution >= 0.6 is 15.9 Å². The molecule has 1 aromatic rings. The summed E-state index contributed by atoms with van der Waals surface area (Å²) in [6.07, 6.45) is 0. The zero-order valence-corrected chi connectivity index (χ0v) is 13.1. The number of sulfonamides is 1. The zero-order chi connectivity index (χ0) is 13.9. The van der Waals surface area contributed by atoms with Crippen molar-refractivity contribution in [2.75, 3.05) is 26.3 Å². The molecule has 1 aliphatic rings. The van der Waals surface area contributed by atoms with Gasteiger partial charge in [0.05, 0.1) is 18.1 Å². The summed E-state index contributed by atoms with van der Waals surface area (Å²) in [5.74, 6) is 0. The van der Waals surface area contributed by atoms with Crippen molar-refractivity contribution in [3.05, 3.63) is 28.2 Å². The van der Waals surface area contributed by atoms with E-state index in [1.807, 2.05) is 6.92 Å². The lowest BCUT2D eigenvalue weighted by Gasteiger charge is -2.23. The number of halogens is 1. The van der Waals surface area contributed by atoms with E-state index in [1.165, 1.54) is 0 Å². The van der Waals surface area contributed by atoms with Crippen LogP contribution in [0, 0.1) is 6.92 Å². The topological polar surface area (TPSA) is 67.4 Å². The molecule has 5 nitrogen and oxygen atoms in total. The summed E-state index contributed by atoms with van der Waals surface area (Å²) in [5, 5.41) is 3.20. The van der Waals surface area contributed by atoms with Crippen LogP contribution in [0.4, 0.5) is 0 Å². The second-order valence-electron chi connectivity index (χ2n) is 4.49. The van der Waals surface area contributed by atoms with Gasteiger partial charge in [0.1, 0.15) is 0 Å². The van der Waals surface area contributed by atoms with E-state index in [-0.39, 0.29) is 10.9 Å². The molecule has 0 radical (unpaired) electrons. The second kappa shape index (κ2) is 6.32. The first kappa shape index (κ1) is 14.9. The Morgan fingerprint density at radius 3 is 2.95 bits per heavy atom. The van der Waals surface area contributed by atoms with Gasteiger partial charge in [0.25, 0.3) is 0 Å². The molecule has 0 amide bonds. The molecular formula is C12H17BrN2O3S. The van der Waals surface area contributed by atoms with Gasteiger partial charge in [-0.05, 0) is 30.7 Å². The summed E-state index contributed by atoms with van der Waals surface area (Å²) in [5.41, 5.74) is 0.891. The minimum Gasteiger partial charge on any atom is -0.378 e. The Bertz CT molecular complexity index is 542. The summed E-state index contributed by atoms with van der Waals surface area (Å²) in [4.78, 5) is 0.282. The van der Waals surface area contributed by atoms with Crippen molar-refractivity contribution >= 4 is 26.0 Å². The predicted octanol–water partition coefficient (Wildman–Crippen LogP) is 1.02. The minimum absolute atomic E-state index is 0.0278. The number of ether oxygens (including phenoxy) is 1. The lowest BCUT2D eigenvalue weighted by molar-refractivity contribution is 0.0784. The average Bonchev–Trinajstić information content (AvgIpc) is 2.41. The van der Waals surface area contributed by atoms with Crippen molar-refractivity contribution in [2.24, 2.45) is 0 Å². The SMILES string of the molecule is Cc1cc(S(=O)(=O)NCC2COCCN2)ccc1Br. The van der Waals surface area contributed by atoms with E-state index in [4.69, 9.17) is 4.74 Å². The van der Waals surface area contributed by atoms with Crippen molar-refractivity contribution in [1.82, 2.24) is 10.0 Å². The van der Waals surface area contributed by atoms with Crippen LogP contribution in [0.1, 0.15) is 5.56 Å². The van der Waals surface area contributed by atoms with Crippen molar-refractivity contribution in [3.8, 4) is 0 Å². The van der Waals surface area contributed by atoms with Crippen molar-refractivity contribution in [1.29, 1.82) is 0 Å². The van der Waals surface area contributed by atoms with Crippen LogP contribution in [0.3, 0.4) is 0 Å². The molecule has 1 saturated heterocycles. The molecule has 0 aromatic heterocycles. The van der Waals surface area contributed by atoms with Gasteiger partial charge in [-0.1, -0.05) is 15.9 Å². The third-order valence-electron chi connectivity index (χ3n) is 2.96. The van der Waals surface area contributed by atoms with Crippen LogP contribution in [0.25, 0.3) is 0 Å². The Balaban J connectivity index is 2.02. The van der Waals surface area contributed by atoms with Crippen LogP contribution < -0.4 is 10.0 Å². The lowest BCUT2D eigenvalue weighted by Crippen LogP contribution is -2.48. The van der Waals surface area contributed by atoms with E-state index in [0.717, 1.165) is 16.6 Å². The van der Waals surface area contributed by atoms with E-state index < -0.39 is 10.0 Å². The number of hydrogen-bond donors (Lipinski definition) is 2. The Morgan fingerprint density at radius 2 is 2.32 bits per heavy atom. The van der Waals surface area contributed by atoms with Gasteiger partial charge in [-0.2, -0.15) is 0 Å². The molecule has 0 spiro atoms. The maximum Gasteiger partial charge on any atom is 0.240 e. The summed E-state index contributed by atoms with van der Waals surface area (Å²) < 4.78 is 33.1. The lowest BCUT2D eigenvalue weighted by atomic mass is 10.2. The molecule has 19 heavy (non-hydrogen) atoms. The largest absolute Gasteiger partial charge is 0.378 e. The highest BCUT2D eigenvalue weighted by atomic mass is 79.9. The average molecular weight is 349 g/mol. The fraction of sp³-hybridized carbons (Fsp3) is 0.500. The highest BCUT2D eigenvalue weighted by molar-refractivity contribution is 9.10. The van der Waals surface area contributed by atoms with Crippen molar-refractivity contribution < 1.29 is 13.2 Å². The Hall–Kier alpha value is -0.470. The monoisotopic (exact) mass is 348 g/mol. The highest BCUT2D eigenvalue weighted by Gasteiger charge is 2.19. The Morgan fingerprint density at radius 1 is 1.53 bits per heavy atom. The fourth-order valence-electron chi connectivity index (χ4n) is 1.83. The van der Waals surface area contributed by atoms with E-state index in [2.05, 4.69) is 26.0 Å². The summed E-state index contributed by atoms with van der Waals surface area (Å²) >= 11 is 3.36. The number of morpholine rings is 1. The maximum atomic E-state index is 12.1. The molecule has 0 aliphatic carbocycles. The molecule has 0 saturated carbocycles. The molecular weight excluding hydrogens is 332 g/mol. The van der Waals surface area contributed by atoms with Gasteiger partial charge in [-0.3, -0.25) is 0 Å².